The summed E-state index contributed by atoms with van der Waals surface area (Å²) < 4.78 is 0. The van der Waals surface area contributed by atoms with Crippen molar-refractivity contribution < 1.29 is 0 Å². The Morgan fingerprint density at radius 1 is 0.944 bits per heavy atom. The van der Waals surface area contributed by atoms with E-state index in [2.05, 4.69) is 69.0 Å². The summed E-state index contributed by atoms with van der Waals surface area (Å²) in [5.41, 5.74) is 6.28. The van der Waals surface area contributed by atoms with Crippen LogP contribution in [0.3, 0.4) is 0 Å². The summed E-state index contributed by atoms with van der Waals surface area (Å²) in [6.07, 6.45) is 4.14. The molecule has 0 saturated heterocycles. The summed E-state index contributed by atoms with van der Waals surface area (Å²) in [6.45, 7) is 8.14. The number of benzene rings is 2. The molecule has 0 heterocycles. The predicted octanol–water partition coefficient (Wildman–Crippen LogP) is 5.20. The first-order chi connectivity index (χ1) is 8.72. The first-order valence-corrected chi connectivity index (χ1v) is 6.18. The van der Waals surface area contributed by atoms with E-state index in [0.29, 0.717) is 0 Å². The van der Waals surface area contributed by atoms with Crippen LogP contribution in [0.1, 0.15) is 29.2 Å². The molecule has 0 saturated carbocycles. The molecule has 2 aromatic rings. The third-order valence-electron chi connectivity index (χ3n) is 3.24. The van der Waals surface area contributed by atoms with Crippen molar-refractivity contribution >= 4 is 17.7 Å². The van der Waals surface area contributed by atoms with Crippen molar-refractivity contribution in [2.45, 2.75) is 13.8 Å². The van der Waals surface area contributed by atoms with Gasteiger partial charge >= 0.3 is 0 Å². The lowest BCUT2D eigenvalue weighted by atomic mass is 9.98. The maximum Gasteiger partial charge on any atom is -0.0219 e. The van der Waals surface area contributed by atoms with Gasteiger partial charge in [-0.2, -0.15) is 0 Å². The van der Waals surface area contributed by atoms with E-state index in [-0.39, 0.29) is 0 Å². The lowest BCUT2D eigenvalue weighted by Crippen LogP contribution is -1.86. The van der Waals surface area contributed by atoms with Gasteiger partial charge in [0.2, 0.25) is 0 Å². The van der Waals surface area contributed by atoms with Crippen molar-refractivity contribution in [3.05, 3.63) is 77.4 Å². The average molecular weight is 234 g/mol. The van der Waals surface area contributed by atoms with E-state index in [9.17, 15) is 0 Å². The summed E-state index contributed by atoms with van der Waals surface area (Å²) in [5.74, 6) is 0. The van der Waals surface area contributed by atoms with Crippen LogP contribution in [-0.4, -0.2) is 0 Å². The molecule has 0 bridgehead atoms. The molecular formula is C18H18. The van der Waals surface area contributed by atoms with E-state index >= 15 is 0 Å². The van der Waals surface area contributed by atoms with Gasteiger partial charge in [-0.05, 0) is 41.7 Å². The molecule has 0 unspecified atom stereocenters. The van der Waals surface area contributed by atoms with Gasteiger partial charge in [0.25, 0.3) is 0 Å². The van der Waals surface area contributed by atoms with Crippen LogP contribution >= 0.6 is 0 Å². The van der Waals surface area contributed by atoms with E-state index < -0.39 is 0 Å². The van der Waals surface area contributed by atoms with Gasteiger partial charge in [-0.25, -0.2) is 0 Å². The molecule has 0 radical (unpaired) electrons. The van der Waals surface area contributed by atoms with Gasteiger partial charge in [0.15, 0.2) is 0 Å². The van der Waals surface area contributed by atoms with E-state index in [1.54, 1.807) is 0 Å². The summed E-state index contributed by atoms with van der Waals surface area (Å²) in [7, 11) is 0. The number of hydrogen-bond donors (Lipinski definition) is 0. The topological polar surface area (TPSA) is 0 Å². The molecule has 0 aliphatic rings. The Morgan fingerprint density at radius 2 is 1.61 bits per heavy atom. The van der Waals surface area contributed by atoms with Gasteiger partial charge in [-0.1, -0.05) is 67.3 Å². The Balaban J connectivity index is 2.42. The second-order valence-corrected chi connectivity index (χ2v) is 4.46. The Kier molecular flexibility index (Phi) is 3.78. The van der Waals surface area contributed by atoms with Crippen LogP contribution in [0.5, 0.6) is 0 Å². The number of rotatable bonds is 3. The second kappa shape index (κ2) is 5.50. The monoisotopic (exact) mass is 234 g/mol. The summed E-state index contributed by atoms with van der Waals surface area (Å²) in [5, 5.41) is 0. The number of allylic oxidation sites excluding steroid dienone is 1. The molecule has 18 heavy (non-hydrogen) atoms. The van der Waals surface area contributed by atoms with Crippen LogP contribution in [0, 0.1) is 6.92 Å². The van der Waals surface area contributed by atoms with Crippen LogP contribution in [0.4, 0.5) is 0 Å². The highest BCUT2D eigenvalue weighted by Gasteiger charge is 2.00. The SMILES string of the molecule is C=Cc1cccc(C=C(C)c2ccccc2)c1C. The molecule has 0 spiro atoms. The third-order valence-corrected chi connectivity index (χ3v) is 3.24. The first kappa shape index (κ1) is 12.4. The molecule has 0 atom stereocenters. The summed E-state index contributed by atoms with van der Waals surface area (Å²) in [4.78, 5) is 0. The van der Waals surface area contributed by atoms with Crippen molar-refractivity contribution in [1.82, 2.24) is 0 Å². The Hall–Kier alpha value is -2.08. The largest absolute Gasteiger partial charge is 0.0985 e. The van der Waals surface area contributed by atoms with E-state index in [1.165, 1.54) is 27.8 Å². The molecule has 0 nitrogen and oxygen atoms in total. The fourth-order valence-corrected chi connectivity index (χ4v) is 2.07. The zero-order chi connectivity index (χ0) is 13.0. The van der Waals surface area contributed by atoms with Gasteiger partial charge in [0.05, 0.1) is 0 Å². The van der Waals surface area contributed by atoms with Gasteiger partial charge in [0.1, 0.15) is 0 Å². The fourth-order valence-electron chi connectivity index (χ4n) is 2.07. The lowest BCUT2D eigenvalue weighted by molar-refractivity contribution is 1.42. The quantitative estimate of drug-likeness (QED) is 0.640. The highest BCUT2D eigenvalue weighted by atomic mass is 14.1. The highest BCUT2D eigenvalue weighted by Crippen LogP contribution is 2.21. The standard InChI is InChI=1S/C18H18/c1-4-16-11-8-12-18(15(16)3)13-14(2)17-9-6-5-7-10-17/h4-13H,1H2,2-3H3. The fraction of sp³-hybridized carbons (Fsp3) is 0.111. The molecule has 0 N–H and O–H groups in total. The third kappa shape index (κ3) is 2.60. The highest BCUT2D eigenvalue weighted by molar-refractivity contribution is 5.81. The summed E-state index contributed by atoms with van der Waals surface area (Å²) in [6, 6.07) is 16.8. The smallest absolute Gasteiger partial charge is 0.0219 e. The molecule has 0 amide bonds. The van der Waals surface area contributed by atoms with Crippen molar-refractivity contribution in [2.24, 2.45) is 0 Å². The molecule has 0 heteroatoms. The Labute approximate surface area is 109 Å². The maximum absolute atomic E-state index is 3.85. The average Bonchev–Trinajstić information content (AvgIpc) is 2.42. The molecule has 2 aromatic carbocycles. The molecule has 0 aliphatic heterocycles. The molecule has 0 fully saturated rings. The Bertz CT molecular complexity index is 574. The van der Waals surface area contributed by atoms with Gasteiger partial charge in [-0.3, -0.25) is 0 Å². The van der Waals surface area contributed by atoms with Crippen molar-refractivity contribution in [2.75, 3.05) is 0 Å². The van der Waals surface area contributed by atoms with Crippen LogP contribution < -0.4 is 0 Å². The van der Waals surface area contributed by atoms with Gasteiger partial charge in [-0.15, -0.1) is 0 Å². The number of hydrogen-bond acceptors (Lipinski definition) is 0. The Morgan fingerprint density at radius 3 is 2.28 bits per heavy atom. The molecule has 2 rings (SSSR count). The zero-order valence-electron chi connectivity index (χ0n) is 11.0. The first-order valence-electron chi connectivity index (χ1n) is 6.18. The van der Waals surface area contributed by atoms with E-state index in [1.807, 2.05) is 12.1 Å². The van der Waals surface area contributed by atoms with Gasteiger partial charge in [0, 0.05) is 0 Å². The summed E-state index contributed by atoms with van der Waals surface area (Å²) >= 11 is 0. The molecular weight excluding hydrogens is 216 g/mol. The van der Waals surface area contributed by atoms with Crippen molar-refractivity contribution in [1.29, 1.82) is 0 Å². The molecule has 0 aliphatic carbocycles. The molecule has 90 valence electrons. The minimum atomic E-state index is 1.20. The maximum atomic E-state index is 3.85. The lowest BCUT2D eigenvalue weighted by Gasteiger charge is -2.07. The van der Waals surface area contributed by atoms with Crippen LogP contribution in [0.2, 0.25) is 0 Å². The minimum absolute atomic E-state index is 1.20. The van der Waals surface area contributed by atoms with Crippen molar-refractivity contribution in [3.8, 4) is 0 Å². The van der Waals surface area contributed by atoms with Gasteiger partial charge < -0.3 is 0 Å². The van der Waals surface area contributed by atoms with Crippen LogP contribution in [0.25, 0.3) is 17.7 Å². The minimum Gasteiger partial charge on any atom is -0.0985 e. The van der Waals surface area contributed by atoms with E-state index in [4.69, 9.17) is 0 Å². The van der Waals surface area contributed by atoms with Crippen LogP contribution in [-0.2, 0) is 0 Å². The molecule has 0 aromatic heterocycles. The normalized spacial score (nSPS) is 11.3. The zero-order valence-corrected chi connectivity index (χ0v) is 11.0. The van der Waals surface area contributed by atoms with Crippen LogP contribution in [0.15, 0.2) is 55.1 Å². The predicted molar refractivity (Wildman–Crippen MR) is 81.3 cm³/mol. The van der Waals surface area contributed by atoms with Crippen molar-refractivity contribution in [3.63, 3.8) is 0 Å². The second-order valence-electron chi connectivity index (χ2n) is 4.46. The van der Waals surface area contributed by atoms with E-state index in [0.717, 1.165) is 0 Å².